The lowest BCUT2D eigenvalue weighted by Crippen LogP contribution is -2.57. The molecule has 0 aromatic heterocycles. The van der Waals surface area contributed by atoms with Crippen LogP contribution in [0.2, 0.25) is 0 Å². The first-order valence-electron chi connectivity index (χ1n) is 9.64. The molecule has 0 saturated carbocycles. The van der Waals surface area contributed by atoms with E-state index in [0.29, 0.717) is 11.3 Å². The number of hydroxylamine groups is 2. The highest BCUT2D eigenvalue weighted by molar-refractivity contribution is 6.07. The van der Waals surface area contributed by atoms with Gasteiger partial charge in [-0.05, 0) is 47.0 Å². The number of ketones is 1. The summed E-state index contributed by atoms with van der Waals surface area (Å²) in [6.45, 7) is 8.82. The Morgan fingerprint density at radius 3 is 1.85 bits per heavy atom. The monoisotopic (exact) mass is 363 g/mol. The number of benzene rings is 2. The fourth-order valence-electron chi connectivity index (χ4n) is 3.89. The first-order valence-corrected chi connectivity index (χ1v) is 9.64. The van der Waals surface area contributed by atoms with Gasteiger partial charge in [0.2, 0.25) is 0 Å². The Labute approximate surface area is 162 Å². The lowest BCUT2D eigenvalue weighted by Gasteiger charge is -2.51. The maximum atomic E-state index is 12.8. The molecule has 1 fully saturated rings. The zero-order valence-electron chi connectivity index (χ0n) is 16.7. The van der Waals surface area contributed by atoms with Crippen LogP contribution in [0.3, 0.4) is 0 Å². The SMILES string of the molecule is CC1(C)CCCC(C)(C)N1O/C(=C/C(=O)c1ccccc1)c1ccccc1. The molecule has 0 atom stereocenters. The topological polar surface area (TPSA) is 29.5 Å². The van der Waals surface area contributed by atoms with Gasteiger partial charge in [-0.15, -0.1) is 5.06 Å². The maximum Gasteiger partial charge on any atom is 0.189 e. The van der Waals surface area contributed by atoms with Crippen LogP contribution in [0.4, 0.5) is 0 Å². The molecule has 0 amide bonds. The summed E-state index contributed by atoms with van der Waals surface area (Å²) in [4.78, 5) is 19.3. The van der Waals surface area contributed by atoms with Crippen LogP contribution in [0.15, 0.2) is 66.7 Å². The molecule has 3 nitrogen and oxygen atoms in total. The predicted molar refractivity (Wildman–Crippen MR) is 110 cm³/mol. The minimum atomic E-state index is -0.106. The van der Waals surface area contributed by atoms with Crippen molar-refractivity contribution in [3.05, 3.63) is 77.9 Å². The van der Waals surface area contributed by atoms with E-state index in [1.54, 1.807) is 6.08 Å². The minimum Gasteiger partial charge on any atom is -0.404 e. The number of allylic oxidation sites excluding steroid dienone is 1. The van der Waals surface area contributed by atoms with E-state index in [2.05, 4.69) is 32.8 Å². The van der Waals surface area contributed by atoms with Gasteiger partial charge in [0.25, 0.3) is 0 Å². The summed E-state index contributed by atoms with van der Waals surface area (Å²) >= 11 is 0. The van der Waals surface area contributed by atoms with Gasteiger partial charge in [0, 0.05) is 17.2 Å². The van der Waals surface area contributed by atoms with Gasteiger partial charge < -0.3 is 4.84 Å². The molecule has 1 heterocycles. The van der Waals surface area contributed by atoms with E-state index < -0.39 is 0 Å². The third-order valence-corrected chi connectivity index (χ3v) is 5.25. The summed E-state index contributed by atoms with van der Waals surface area (Å²) < 4.78 is 0. The molecule has 0 unspecified atom stereocenters. The summed E-state index contributed by atoms with van der Waals surface area (Å²) in [5.41, 5.74) is 1.35. The molecular formula is C24H29NO2. The Bertz CT molecular complexity index is 791. The van der Waals surface area contributed by atoms with Gasteiger partial charge in [0.1, 0.15) is 0 Å². The summed E-state index contributed by atoms with van der Waals surface area (Å²) in [7, 11) is 0. The fourth-order valence-corrected chi connectivity index (χ4v) is 3.89. The van der Waals surface area contributed by atoms with Gasteiger partial charge >= 0.3 is 0 Å². The summed E-state index contributed by atoms with van der Waals surface area (Å²) in [6, 6.07) is 19.2. The van der Waals surface area contributed by atoms with Crippen molar-refractivity contribution >= 4 is 11.5 Å². The van der Waals surface area contributed by atoms with E-state index in [1.165, 1.54) is 6.42 Å². The Kier molecular flexibility index (Phi) is 5.52. The van der Waals surface area contributed by atoms with Crippen LogP contribution in [-0.2, 0) is 4.84 Å². The Hall–Kier alpha value is -2.39. The number of carbonyl (C=O) groups is 1. The Morgan fingerprint density at radius 1 is 0.852 bits per heavy atom. The van der Waals surface area contributed by atoms with Crippen molar-refractivity contribution in [2.45, 2.75) is 58.0 Å². The Balaban J connectivity index is 1.98. The van der Waals surface area contributed by atoms with E-state index in [4.69, 9.17) is 4.84 Å². The normalized spacial score (nSPS) is 19.5. The molecule has 3 rings (SSSR count). The molecule has 27 heavy (non-hydrogen) atoms. The van der Waals surface area contributed by atoms with E-state index in [0.717, 1.165) is 18.4 Å². The first kappa shape index (κ1) is 19.4. The third kappa shape index (κ3) is 4.48. The van der Waals surface area contributed by atoms with Crippen LogP contribution < -0.4 is 0 Å². The quantitative estimate of drug-likeness (QED) is 0.377. The average molecular weight is 364 g/mol. The largest absolute Gasteiger partial charge is 0.404 e. The average Bonchev–Trinajstić information content (AvgIpc) is 2.64. The third-order valence-electron chi connectivity index (χ3n) is 5.25. The molecule has 1 saturated heterocycles. The lowest BCUT2D eigenvalue weighted by molar-refractivity contribution is -0.236. The molecule has 0 aliphatic carbocycles. The Morgan fingerprint density at radius 2 is 1.33 bits per heavy atom. The van der Waals surface area contributed by atoms with Gasteiger partial charge in [0.05, 0.1) is 11.1 Å². The van der Waals surface area contributed by atoms with Crippen molar-refractivity contribution in [2.75, 3.05) is 0 Å². The second kappa shape index (κ2) is 7.69. The van der Waals surface area contributed by atoms with E-state index in [-0.39, 0.29) is 16.9 Å². The van der Waals surface area contributed by atoms with Crippen molar-refractivity contribution in [3.63, 3.8) is 0 Å². The molecule has 2 aromatic rings. The second-order valence-corrected chi connectivity index (χ2v) is 8.47. The van der Waals surface area contributed by atoms with Crippen LogP contribution in [-0.4, -0.2) is 21.9 Å². The molecule has 0 spiro atoms. The van der Waals surface area contributed by atoms with Crippen LogP contribution in [0.5, 0.6) is 0 Å². The summed E-state index contributed by atoms with van der Waals surface area (Å²) in [6.07, 6.45) is 4.91. The predicted octanol–water partition coefficient (Wildman–Crippen LogP) is 5.89. The first-order chi connectivity index (χ1) is 12.8. The maximum absolute atomic E-state index is 12.8. The molecule has 3 heteroatoms. The number of nitrogens with zero attached hydrogens (tertiary/aromatic N) is 1. The molecule has 1 aliphatic heterocycles. The number of piperidine rings is 1. The number of carbonyl (C=O) groups excluding carboxylic acids is 1. The van der Waals surface area contributed by atoms with Crippen molar-refractivity contribution in [2.24, 2.45) is 0 Å². The number of hydrogen-bond acceptors (Lipinski definition) is 3. The number of rotatable bonds is 5. The molecule has 0 radical (unpaired) electrons. The van der Waals surface area contributed by atoms with E-state index in [9.17, 15) is 4.79 Å². The minimum absolute atomic E-state index is 0.0536. The van der Waals surface area contributed by atoms with E-state index in [1.807, 2.05) is 60.7 Å². The van der Waals surface area contributed by atoms with Gasteiger partial charge in [-0.25, -0.2) is 0 Å². The molecule has 142 valence electrons. The van der Waals surface area contributed by atoms with Crippen molar-refractivity contribution in [3.8, 4) is 0 Å². The number of hydrogen-bond donors (Lipinski definition) is 0. The summed E-state index contributed by atoms with van der Waals surface area (Å²) in [5, 5.41) is 2.08. The summed E-state index contributed by atoms with van der Waals surface area (Å²) in [5.74, 6) is 0.537. The second-order valence-electron chi connectivity index (χ2n) is 8.47. The molecular weight excluding hydrogens is 334 g/mol. The molecule has 0 bridgehead atoms. The van der Waals surface area contributed by atoms with Crippen LogP contribution in [0.25, 0.3) is 5.76 Å². The van der Waals surface area contributed by atoms with Crippen LogP contribution in [0, 0.1) is 0 Å². The fraction of sp³-hybridized carbons (Fsp3) is 0.375. The lowest BCUT2D eigenvalue weighted by atomic mass is 9.82. The zero-order chi connectivity index (χ0) is 19.5. The van der Waals surface area contributed by atoms with Crippen molar-refractivity contribution < 1.29 is 9.63 Å². The van der Waals surface area contributed by atoms with Gasteiger partial charge in [-0.1, -0.05) is 60.7 Å². The van der Waals surface area contributed by atoms with Gasteiger partial charge in [-0.3, -0.25) is 4.79 Å². The highest BCUT2D eigenvalue weighted by atomic mass is 16.7. The molecule has 0 N–H and O–H groups in total. The van der Waals surface area contributed by atoms with E-state index >= 15 is 0 Å². The highest BCUT2D eigenvalue weighted by Gasteiger charge is 2.44. The highest BCUT2D eigenvalue weighted by Crippen LogP contribution is 2.40. The van der Waals surface area contributed by atoms with Crippen LogP contribution in [0.1, 0.15) is 62.9 Å². The standard InChI is InChI=1S/C24H29NO2/c1-23(2)16-11-17-24(3,4)25(23)27-22(20-14-9-6-10-15-20)18-21(26)19-12-7-5-8-13-19/h5-10,12-15,18H,11,16-17H2,1-4H3/b22-18+. The van der Waals surface area contributed by atoms with Gasteiger partial charge in [-0.2, -0.15) is 0 Å². The van der Waals surface area contributed by atoms with Gasteiger partial charge in [0.15, 0.2) is 11.5 Å². The molecule has 2 aromatic carbocycles. The molecule has 1 aliphatic rings. The van der Waals surface area contributed by atoms with Crippen molar-refractivity contribution in [1.82, 2.24) is 5.06 Å². The zero-order valence-corrected chi connectivity index (χ0v) is 16.7. The van der Waals surface area contributed by atoms with Crippen LogP contribution >= 0.6 is 0 Å². The van der Waals surface area contributed by atoms with Crippen molar-refractivity contribution in [1.29, 1.82) is 0 Å². The smallest absolute Gasteiger partial charge is 0.189 e.